The van der Waals surface area contributed by atoms with Crippen molar-refractivity contribution in [2.24, 2.45) is 11.1 Å². The Morgan fingerprint density at radius 2 is 2.62 bits per heavy atom. The van der Waals surface area contributed by atoms with Crippen molar-refractivity contribution in [3.8, 4) is 0 Å². The van der Waals surface area contributed by atoms with Crippen LogP contribution in [-0.2, 0) is 11.3 Å². The maximum Gasteiger partial charge on any atom is 0.227 e. The second kappa shape index (κ2) is 4.25. The third-order valence-corrected chi connectivity index (χ3v) is 3.47. The number of carbonyl (C=O) groups is 1. The van der Waals surface area contributed by atoms with Crippen molar-refractivity contribution in [3.63, 3.8) is 0 Å². The Morgan fingerprint density at radius 1 is 1.81 bits per heavy atom. The number of amides is 1. The summed E-state index contributed by atoms with van der Waals surface area (Å²) in [6.45, 7) is 2.33. The first-order valence-electron chi connectivity index (χ1n) is 5.56. The van der Waals surface area contributed by atoms with Crippen LogP contribution in [0.1, 0.15) is 31.9 Å². The van der Waals surface area contributed by atoms with Crippen LogP contribution < -0.4 is 11.1 Å². The molecule has 1 amide bonds. The van der Waals surface area contributed by atoms with Gasteiger partial charge in [0, 0.05) is 12.1 Å². The molecule has 0 saturated heterocycles. The van der Waals surface area contributed by atoms with Crippen molar-refractivity contribution in [1.82, 2.24) is 10.5 Å². The van der Waals surface area contributed by atoms with E-state index < -0.39 is 5.41 Å². The zero-order valence-corrected chi connectivity index (χ0v) is 9.40. The molecule has 1 saturated carbocycles. The topological polar surface area (TPSA) is 81.2 Å². The van der Waals surface area contributed by atoms with Gasteiger partial charge in [0.05, 0.1) is 12.0 Å². The van der Waals surface area contributed by atoms with Crippen LogP contribution in [0.2, 0.25) is 0 Å². The minimum atomic E-state index is -0.427. The highest BCUT2D eigenvalue weighted by Gasteiger charge is 2.42. The predicted molar refractivity (Wildman–Crippen MR) is 58.3 cm³/mol. The number of hydrogen-bond acceptors (Lipinski definition) is 4. The molecular weight excluding hydrogens is 206 g/mol. The SMILES string of the molecule is CC1(C(=O)NCc2ccon2)CCCC1N. The van der Waals surface area contributed by atoms with Gasteiger partial charge >= 0.3 is 0 Å². The van der Waals surface area contributed by atoms with Gasteiger partial charge in [0.2, 0.25) is 5.91 Å². The molecule has 2 atom stereocenters. The lowest BCUT2D eigenvalue weighted by Gasteiger charge is -2.27. The van der Waals surface area contributed by atoms with Crippen molar-refractivity contribution in [1.29, 1.82) is 0 Å². The molecule has 0 aromatic carbocycles. The normalized spacial score (nSPS) is 29.2. The number of nitrogens with one attached hydrogen (secondary N) is 1. The van der Waals surface area contributed by atoms with Crippen molar-refractivity contribution >= 4 is 5.91 Å². The van der Waals surface area contributed by atoms with Crippen LogP contribution in [-0.4, -0.2) is 17.1 Å². The van der Waals surface area contributed by atoms with E-state index in [0.717, 1.165) is 25.0 Å². The van der Waals surface area contributed by atoms with Gasteiger partial charge in [-0.25, -0.2) is 0 Å². The fourth-order valence-electron chi connectivity index (χ4n) is 2.18. The van der Waals surface area contributed by atoms with Gasteiger partial charge in [-0.1, -0.05) is 11.6 Å². The van der Waals surface area contributed by atoms with E-state index in [1.54, 1.807) is 6.07 Å². The fourth-order valence-corrected chi connectivity index (χ4v) is 2.18. The average molecular weight is 223 g/mol. The van der Waals surface area contributed by atoms with E-state index in [9.17, 15) is 4.79 Å². The number of carbonyl (C=O) groups excluding carboxylic acids is 1. The van der Waals surface area contributed by atoms with Gasteiger partial charge in [-0.3, -0.25) is 4.79 Å². The van der Waals surface area contributed by atoms with E-state index in [1.165, 1.54) is 6.26 Å². The molecule has 1 aliphatic carbocycles. The van der Waals surface area contributed by atoms with Crippen LogP contribution >= 0.6 is 0 Å². The summed E-state index contributed by atoms with van der Waals surface area (Å²) in [5.41, 5.74) is 6.27. The first-order valence-corrected chi connectivity index (χ1v) is 5.56. The maximum atomic E-state index is 12.0. The predicted octanol–water partition coefficient (Wildman–Crippen LogP) is 0.808. The molecular formula is C11H17N3O2. The minimum Gasteiger partial charge on any atom is -0.364 e. The van der Waals surface area contributed by atoms with Gasteiger partial charge in [-0.05, 0) is 19.8 Å². The molecule has 1 aliphatic rings. The Labute approximate surface area is 94.4 Å². The monoisotopic (exact) mass is 223 g/mol. The highest BCUT2D eigenvalue weighted by Crippen LogP contribution is 2.36. The molecule has 3 N–H and O–H groups in total. The molecule has 1 aromatic rings. The third-order valence-electron chi connectivity index (χ3n) is 3.47. The Morgan fingerprint density at radius 3 is 3.19 bits per heavy atom. The van der Waals surface area contributed by atoms with Crippen molar-refractivity contribution < 1.29 is 9.32 Å². The summed E-state index contributed by atoms with van der Waals surface area (Å²) in [6.07, 6.45) is 4.30. The molecule has 2 rings (SSSR count). The molecule has 0 spiro atoms. The van der Waals surface area contributed by atoms with Crippen molar-refractivity contribution in [2.45, 2.75) is 38.8 Å². The van der Waals surface area contributed by atoms with E-state index in [1.807, 2.05) is 6.92 Å². The van der Waals surface area contributed by atoms with Crippen LogP contribution in [0.4, 0.5) is 0 Å². The molecule has 0 radical (unpaired) electrons. The molecule has 1 fully saturated rings. The first kappa shape index (κ1) is 11.1. The molecule has 88 valence electrons. The molecule has 1 heterocycles. The van der Waals surface area contributed by atoms with Gasteiger partial charge < -0.3 is 15.6 Å². The smallest absolute Gasteiger partial charge is 0.227 e. The summed E-state index contributed by atoms with van der Waals surface area (Å²) in [5.74, 6) is 0.0144. The largest absolute Gasteiger partial charge is 0.364 e. The lowest BCUT2D eigenvalue weighted by Crippen LogP contribution is -2.47. The summed E-state index contributed by atoms with van der Waals surface area (Å²) in [5, 5.41) is 6.59. The van der Waals surface area contributed by atoms with Gasteiger partial charge in [-0.15, -0.1) is 0 Å². The van der Waals surface area contributed by atoms with Crippen molar-refractivity contribution in [2.75, 3.05) is 0 Å². The number of hydrogen-bond donors (Lipinski definition) is 2. The molecule has 2 unspecified atom stereocenters. The molecule has 0 aliphatic heterocycles. The molecule has 0 bridgehead atoms. The van der Waals surface area contributed by atoms with E-state index in [2.05, 4.69) is 10.5 Å². The first-order chi connectivity index (χ1) is 7.63. The maximum absolute atomic E-state index is 12.0. The molecule has 1 aromatic heterocycles. The second-order valence-electron chi connectivity index (χ2n) is 4.59. The summed E-state index contributed by atoms with van der Waals surface area (Å²) in [7, 11) is 0. The Kier molecular flexibility index (Phi) is 2.96. The standard InChI is InChI=1S/C11H17N3O2/c1-11(5-2-3-9(11)12)10(15)13-7-8-4-6-16-14-8/h4,6,9H,2-3,5,7,12H2,1H3,(H,13,15). The zero-order chi connectivity index (χ0) is 11.6. The minimum absolute atomic E-state index is 0.0144. The fraction of sp³-hybridized carbons (Fsp3) is 0.636. The quantitative estimate of drug-likeness (QED) is 0.794. The number of rotatable bonds is 3. The van der Waals surface area contributed by atoms with Crippen LogP contribution in [0.3, 0.4) is 0 Å². The summed E-state index contributed by atoms with van der Waals surface area (Å²) in [6, 6.07) is 1.70. The van der Waals surface area contributed by atoms with Gasteiger partial charge in [0.15, 0.2) is 0 Å². The molecule has 5 nitrogen and oxygen atoms in total. The highest BCUT2D eigenvalue weighted by molar-refractivity contribution is 5.83. The van der Waals surface area contributed by atoms with Crippen molar-refractivity contribution in [3.05, 3.63) is 18.0 Å². The number of aromatic nitrogens is 1. The van der Waals surface area contributed by atoms with Gasteiger partial charge in [0.25, 0.3) is 0 Å². The van der Waals surface area contributed by atoms with E-state index in [0.29, 0.717) is 6.54 Å². The van der Waals surface area contributed by atoms with Crippen LogP contribution in [0.5, 0.6) is 0 Å². The summed E-state index contributed by atoms with van der Waals surface area (Å²) >= 11 is 0. The number of nitrogens with zero attached hydrogens (tertiary/aromatic N) is 1. The van der Waals surface area contributed by atoms with Crippen LogP contribution in [0, 0.1) is 5.41 Å². The second-order valence-corrected chi connectivity index (χ2v) is 4.59. The third kappa shape index (κ3) is 1.95. The van der Waals surface area contributed by atoms with Crippen LogP contribution in [0.15, 0.2) is 16.9 Å². The Bertz CT molecular complexity index is 363. The lowest BCUT2D eigenvalue weighted by atomic mass is 9.84. The van der Waals surface area contributed by atoms with E-state index in [-0.39, 0.29) is 11.9 Å². The van der Waals surface area contributed by atoms with Crippen LogP contribution in [0.25, 0.3) is 0 Å². The van der Waals surface area contributed by atoms with Gasteiger partial charge in [-0.2, -0.15) is 0 Å². The average Bonchev–Trinajstić information content (AvgIpc) is 2.87. The summed E-state index contributed by atoms with van der Waals surface area (Å²) in [4.78, 5) is 12.0. The molecule has 5 heteroatoms. The highest BCUT2D eigenvalue weighted by atomic mass is 16.5. The Balaban J connectivity index is 1.93. The Hall–Kier alpha value is -1.36. The lowest BCUT2D eigenvalue weighted by molar-refractivity contribution is -0.130. The van der Waals surface area contributed by atoms with E-state index >= 15 is 0 Å². The summed E-state index contributed by atoms with van der Waals surface area (Å²) < 4.78 is 4.69. The zero-order valence-electron chi connectivity index (χ0n) is 9.40. The van der Waals surface area contributed by atoms with E-state index in [4.69, 9.17) is 10.3 Å². The molecule has 16 heavy (non-hydrogen) atoms. The van der Waals surface area contributed by atoms with Gasteiger partial charge in [0.1, 0.15) is 12.0 Å². The number of nitrogens with two attached hydrogens (primary N) is 1.